The van der Waals surface area contributed by atoms with Crippen molar-refractivity contribution in [2.75, 3.05) is 35.3 Å². The topological polar surface area (TPSA) is 57.2 Å². The summed E-state index contributed by atoms with van der Waals surface area (Å²) >= 11 is 0. The molecule has 1 aliphatic heterocycles. The lowest BCUT2D eigenvalue weighted by atomic mass is 10.2. The first kappa shape index (κ1) is 16.3. The van der Waals surface area contributed by atoms with E-state index in [1.807, 2.05) is 42.3 Å². The van der Waals surface area contributed by atoms with Gasteiger partial charge < -0.3 is 15.1 Å². The molecule has 0 amide bonds. The maximum atomic E-state index is 4.58. The Morgan fingerprint density at radius 1 is 0.962 bits per heavy atom. The summed E-state index contributed by atoms with van der Waals surface area (Å²) in [6, 6.07) is 18.5. The van der Waals surface area contributed by atoms with Crippen molar-refractivity contribution in [1.29, 1.82) is 0 Å². The lowest BCUT2D eigenvalue weighted by Gasteiger charge is -2.18. The minimum absolute atomic E-state index is 0.551. The average molecular weight is 346 g/mol. The van der Waals surface area contributed by atoms with Gasteiger partial charge >= 0.3 is 0 Å². The Balaban J connectivity index is 1.48. The summed E-state index contributed by atoms with van der Waals surface area (Å²) in [5.41, 5.74) is 3.28. The summed E-state index contributed by atoms with van der Waals surface area (Å²) in [4.78, 5) is 8.91. The lowest BCUT2D eigenvalue weighted by Crippen LogP contribution is -2.17. The average Bonchev–Trinajstić information content (AvgIpc) is 3.24. The number of nitrogens with one attached hydrogen (secondary N) is 1. The molecule has 2 heterocycles. The number of anilines is 5. The first-order valence-electron chi connectivity index (χ1n) is 8.90. The summed E-state index contributed by atoms with van der Waals surface area (Å²) in [6.07, 6.45) is 4.20. The maximum absolute atomic E-state index is 4.58. The van der Waals surface area contributed by atoms with Crippen LogP contribution in [0.1, 0.15) is 12.8 Å². The van der Waals surface area contributed by atoms with E-state index in [0.717, 1.165) is 24.5 Å². The van der Waals surface area contributed by atoms with Gasteiger partial charge in [0.1, 0.15) is 0 Å². The molecule has 6 heteroatoms. The van der Waals surface area contributed by atoms with Crippen molar-refractivity contribution < 1.29 is 0 Å². The van der Waals surface area contributed by atoms with Crippen LogP contribution in [0.25, 0.3) is 0 Å². The van der Waals surface area contributed by atoms with Gasteiger partial charge in [-0.25, -0.2) is 0 Å². The molecule has 1 fully saturated rings. The van der Waals surface area contributed by atoms with Crippen molar-refractivity contribution in [3.8, 4) is 0 Å². The number of para-hydroxylation sites is 1. The predicted molar refractivity (Wildman–Crippen MR) is 106 cm³/mol. The number of hydrogen-bond acceptors (Lipinski definition) is 6. The van der Waals surface area contributed by atoms with Crippen LogP contribution >= 0.6 is 0 Å². The molecule has 0 unspecified atom stereocenters. The van der Waals surface area contributed by atoms with Crippen molar-refractivity contribution in [2.24, 2.45) is 0 Å². The van der Waals surface area contributed by atoms with Crippen molar-refractivity contribution in [2.45, 2.75) is 12.8 Å². The minimum Gasteiger partial charge on any atom is -0.372 e. The zero-order chi connectivity index (χ0) is 17.8. The van der Waals surface area contributed by atoms with E-state index in [1.165, 1.54) is 18.5 Å². The van der Waals surface area contributed by atoms with Crippen LogP contribution in [-0.2, 0) is 0 Å². The summed E-state index contributed by atoms with van der Waals surface area (Å²) in [5, 5.41) is 11.5. The molecular formula is C20H22N6. The van der Waals surface area contributed by atoms with Crippen LogP contribution < -0.4 is 15.1 Å². The number of aromatic nitrogens is 3. The molecule has 6 nitrogen and oxygen atoms in total. The van der Waals surface area contributed by atoms with E-state index >= 15 is 0 Å². The Bertz CT molecular complexity index is 844. The van der Waals surface area contributed by atoms with E-state index in [2.05, 4.69) is 49.7 Å². The van der Waals surface area contributed by atoms with Gasteiger partial charge in [-0.3, -0.25) is 0 Å². The Morgan fingerprint density at radius 2 is 1.69 bits per heavy atom. The smallest absolute Gasteiger partial charge is 0.251 e. The first-order chi connectivity index (χ1) is 12.8. The molecule has 1 saturated heterocycles. The highest BCUT2D eigenvalue weighted by molar-refractivity contribution is 5.62. The molecule has 26 heavy (non-hydrogen) atoms. The molecule has 0 saturated carbocycles. The number of hydrogen-bond donors (Lipinski definition) is 1. The third kappa shape index (κ3) is 3.59. The highest BCUT2D eigenvalue weighted by Crippen LogP contribution is 2.24. The second-order valence-electron chi connectivity index (χ2n) is 6.40. The fourth-order valence-corrected chi connectivity index (χ4v) is 3.14. The molecule has 0 aliphatic carbocycles. The summed E-state index contributed by atoms with van der Waals surface area (Å²) in [5.74, 6) is 1.22. The first-order valence-corrected chi connectivity index (χ1v) is 8.90. The van der Waals surface area contributed by atoms with Gasteiger partial charge in [0, 0.05) is 37.2 Å². The summed E-state index contributed by atoms with van der Waals surface area (Å²) < 4.78 is 0. The van der Waals surface area contributed by atoms with Crippen LogP contribution in [0, 0.1) is 0 Å². The van der Waals surface area contributed by atoms with Gasteiger partial charge in [0.25, 0.3) is 5.95 Å². The highest BCUT2D eigenvalue weighted by atomic mass is 15.3. The van der Waals surface area contributed by atoms with Crippen LogP contribution in [0.2, 0.25) is 0 Å². The quantitative estimate of drug-likeness (QED) is 0.754. The van der Waals surface area contributed by atoms with Gasteiger partial charge in [0.15, 0.2) is 5.82 Å². The second-order valence-corrected chi connectivity index (χ2v) is 6.40. The molecule has 3 aromatic rings. The molecule has 0 radical (unpaired) electrons. The van der Waals surface area contributed by atoms with Crippen LogP contribution in [0.3, 0.4) is 0 Å². The summed E-state index contributed by atoms with van der Waals surface area (Å²) in [7, 11) is 1.93. The van der Waals surface area contributed by atoms with Gasteiger partial charge in [0.05, 0.1) is 6.20 Å². The van der Waals surface area contributed by atoms with Crippen molar-refractivity contribution in [1.82, 2.24) is 15.2 Å². The Kier molecular flexibility index (Phi) is 4.64. The summed E-state index contributed by atoms with van der Waals surface area (Å²) in [6.45, 7) is 2.30. The molecule has 2 aromatic carbocycles. The van der Waals surface area contributed by atoms with Gasteiger partial charge in [-0.05, 0) is 49.2 Å². The zero-order valence-corrected chi connectivity index (χ0v) is 14.8. The van der Waals surface area contributed by atoms with Crippen LogP contribution in [0.5, 0.6) is 0 Å². The molecule has 0 spiro atoms. The van der Waals surface area contributed by atoms with Crippen LogP contribution in [0.4, 0.5) is 28.8 Å². The molecule has 132 valence electrons. The lowest BCUT2D eigenvalue weighted by molar-refractivity contribution is 0.932. The molecule has 0 bridgehead atoms. The predicted octanol–water partition coefficient (Wildman–Crippen LogP) is 3.98. The van der Waals surface area contributed by atoms with Gasteiger partial charge in [-0.2, -0.15) is 10.1 Å². The van der Waals surface area contributed by atoms with E-state index < -0.39 is 0 Å². The fourth-order valence-electron chi connectivity index (χ4n) is 3.14. The highest BCUT2D eigenvalue weighted by Gasteiger charge is 2.12. The number of benzene rings is 2. The Hall–Kier alpha value is -3.15. The maximum Gasteiger partial charge on any atom is 0.251 e. The molecular weight excluding hydrogens is 324 g/mol. The Morgan fingerprint density at radius 3 is 2.42 bits per heavy atom. The van der Waals surface area contributed by atoms with E-state index in [1.54, 1.807) is 6.20 Å². The van der Waals surface area contributed by atoms with E-state index in [4.69, 9.17) is 0 Å². The van der Waals surface area contributed by atoms with Gasteiger partial charge in [-0.15, -0.1) is 5.10 Å². The number of rotatable bonds is 5. The molecule has 1 N–H and O–H groups in total. The van der Waals surface area contributed by atoms with Crippen molar-refractivity contribution >= 4 is 28.8 Å². The number of nitrogens with zero attached hydrogens (tertiary/aromatic N) is 5. The zero-order valence-electron chi connectivity index (χ0n) is 14.8. The third-order valence-electron chi connectivity index (χ3n) is 4.60. The van der Waals surface area contributed by atoms with Crippen molar-refractivity contribution in [3.63, 3.8) is 0 Å². The van der Waals surface area contributed by atoms with E-state index in [-0.39, 0.29) is 0 Å². The fraction of sp³-hybridized carbons (Fsp3) is 0.250. The normalized spacial score (nSPS) is 13.7. The van der Waals surface area contributed by atoms with Crippen molar-refractivity contribution in [3.05, 3.63) is 60.8 Å². The minimum atomic E-state index is 0.551. The molecule has 1 aromatic heterocycles. The monoisotopic (exact) mass is 346 g/mol. The van der Waals surface area contributed by atoms with Gasteiger partial charge in [0.2, 0.25) is 0 Å². The molecule has 0 atom stereocenters. The second kappa shape index (κ2) is 7.39. The van der Waals surface area contributed by atoms with Crippen LogP contribution in [0.15, 0.2) is 60.8 Å². The standard InChI is InChI=1S/C20H22N6/c1-25(17-7-3-2-4-8-17)20-23-19(15-21-24-20)22-16-9-11-18(12-10-16)26-13-5-6-14-26/h2-4,7-12,15H,5-6,13-14H2,1H3,(H,22,23,24). The van der Waals surface area contributed by atoms with E-state index in [9.17, 15) is 0 Å². The van der Waals surface area contributed by atoms with E-state index in [0.29, 0.717) is 11.8 Å². The van der Waals surface area contributed by atoms with Crippen LogP contribution in [-0.4, -0.2) is 35.3 Å². The molecule has 1 aliphatic rings. The SMILES string of the molecule is CN(c1ccccc1)c1nncc(Nc2ccc(N3CCCC3)cc2)n1. The molecule has 4 rings (SSSR count). The largest absolute Gasteiger partial charge is 0.372 e. The third-order valence-corrected chi connectivity index (χ3v) is 4.60. The van der Waals surface area contributed by atoms with Gasteiger partial charge in [-0.1, -0.05) is 18.2 Å². The Labute approximate surface area is 153 Å².